The fraction of sp³-hybridized carbons (Fsp3) is 0.571. The molecule has 0 aliphatic carbocycles. The van der Waals surface area contributed by atoms with Crippen molar-refractivity contribution in [3.63, 3.8) is 0 Å². The molecule has 2 aliphatic rings. The van der Waals surface area contributed by atoms with Gasteiger partial charge in [0.15, 0.2) is 0 Å². The van der Waals surface area contributed by atoms with E-state index < -0.39 is 6.10 Å². The molecule has 3 rings (SSSR count). The predicted octanol–water partition coefficient (Wildman–Crippen LogP) is 3.06. The van der Waals surface area contributed by atoms with E-state index in [9.17, 15) is 5.11 Å². The summed E-state index contributed by atoms with van der Waals surface area (Å²) in [5, 5.41) is 10.2. The standard InChI is InChI=1S/C14H17BrO3/c15-10-1-2-11-12(16)8-13(18-14(11)7-10)9-3-5-17-6-4-9/h1-2,7,9,12-13,16H,3-6,8H2/t12-,13?/m1/s1. The molecule has 1 aromatic carbocycles. The summed E-state index contributed by atoms with van der Waals surface area (Å²) in [6, 6.07) is 5.83. The topological polar surface area (TPSA) is 38.7 Å². The van der Waals surface area contributed by atoms with Gasteiger partial charge in [-0.1, -0.05) is 22.0 Å². The molecule has 0 aromatic heterocycles. The second-order valence-corrected chi connectivity index (χ2v) is 5.96. The SMILES string of the molecule is O[C@@H]1CC(C2CCOCC2)Oc2cc(Br)ccc21. The summed E-state index contributed by atoms with van der Waals surface area (Å²) < 4.78 is 12.4. The zero-order chi connectivity index (χ0) is 12.5. The maximum atomic E-state index is 10.2. The van der Waals surface area contributed by atoms with E-state index in [-0.39, 0.29) is 6.10 Å². The van der Waals surface area contributed by atoms with Crippen molar-refractivity contribution in [2.75, 3.05) is 13.2 Å². The molecule has 2 heterocycles. The minimum absolute atomic E-state index is 0.116. The largest absolute Gasteiger partial charge is 0.490 e. The first-order chi connectivity index (χ1) is 8.74. The number of hydrogen-bond acceptors (Lipinski definition) is 3. The smallest absolute Gasteiger partial charge is 0.126 e. The van der Waals surface area contributed by atoms with Crippen LogP contribution in [0.3, 0.4) is 0 Å². The highest BCUT2D eigenvalue weighted by molar-refractivity contribution is 9.10. The fourth-order valence-corrected chi connectivity index (χ4v) is 3.16. The monoisotopic (exact) mass is 312 g/mol. The zero-order valence-corrected chi connectivity index (χ0v) is 11.7. The van der Waals surface area contributed by atoms with Crippen LogP contribution >= 0.6 is 15.9 Å². The highest BCUT2D eigenvalue weighted by Gasteiger charge is 2.33. The molecule has 1 unspecified atom stereocenters. The summed E-state index contributed by atoms with van der Waals surface area (Å²) in [4.78, 5) is 0. The van der Waals surface area contributed by atoms with Crippen LogP contribution in [0.25, 0.3) is 0 Å². The number of hydrogen-bond donors (Lipinski definition) is 1. The Morgan fingerprint density at radius 3 is 2.78 bits per heavy atom. The van der Waals surface area contributed by atoms with E-state index in [0.717, 1.165) is 41.8 Å². The van der Waals surface area contributed by atoms with Crippen LogP contribution in [-0.4, -0.2) is 24.4 Å². The highest BCUT2D eigenvalue weighted by atomic mass is 79.9. The van der Waals surface area contributed by atoms with Crippen LogP contribution in [0.2, 0.25) is 0 Å². The van der Waals surface area contributed by atoms with Crippen LogP contribution in [0.5, 0.6) is 5.75 Å². The van der Waals surface area contributed by atoms with Gasteiger partial charge >= 0.3 is 0 Å². The zero-order valence-electron chi connectivity index (χ0n) is 10.1. The van der Waals surface area contributed by atoms with Crippen molar-refractivity contribution in [2.24, 2.45) is 5.92 Å². The van der Waals surface area contributed by atoms with Gasteiger partial charge in [-0.3, -0.25) is 0 Å². The van der Waals surface area contributed by atoms with Gasteiger partial charge in [-0.15, -0.1) is 0 Å². The Morgan fingerprint density at radius 2 is 2.00 bits per heavy atom. The molecule has 0 amide bonds. The summed E-state index contributed by atoms with van der Waals surface area (Å²) >= 11 is 3.44. The van der Waals surface area contributed by atoms with Crippen molar-refractivity contribution in [3.05, 3.63) is 28.2 Å². The maximum Gasteiger partial charge on any atom is 0.126 e. The lowest BCUT2D eigenvalue weighted by molar-refractivity contribution is -0.0150. The van der Waals surface area contributed by atoms with Gasteiger partial charge in [0.1, 0.15) is 11.9 Å². The third-order valence-electron chi connectivity index (χ3n) is 3.86. The van der Waals surface area contributed by atoms with Crippen LogP contribution in [0.15, 0.2) is 22.7 Å². The molecular formula is C14H17BrO3. The van der Waals surface area contributed by atoms with E-state index in [0.29, 0.717) is 12.3 Å². The van der Waals surface area contributed by atoms with Gasteiger partial charge in [0, 0.05) is 35.6 Å². The molecule has 18 heavy (non-hydrogen) atoms. The van der Waals surface area contributed by atoms with Gasteiger partial charge < -0.3 is 14.6 Å². The molecule has 3 nitrogen and oxygen atoms in total. The van der Waals surface area contributed by atoms with Crippen molar-refractivity contribution in [1.29, 1.82) is 0 Å². The van der Waals surface area contributed by atoms with Crippen LogP contribution in [-0.2, 0) is 4.74 Å². The number of rotatable bonds is 1. The van der Waals surface area contributed by atoms with Gasteiger partial charge in [-0.25, -0.2) is 0 Å². The van der Waals surface area contributed by atoms with Crippen LogP contribution in [0.1, 0.15) is 30.9 Å². The highest BCUT2D eigenvalue weighted by Crippen LogP contribution is 2.40. The number of halogens is 1. The number of aliphatic hydroxyl groups is 1. The van der Waals surface area contributed by atoms with Crippen molar-refractivity contribution in [3.8, 4) is 5.75 Å². The minimum Gasteiger partial charge on any atom is -0.490 e. The van der Waals surface area contributed by atoms with Gasteiger partial charge in [0.25, 0.3) is 0 Å². The lowest BCUT2D eigenvalue weighted by Gasteiger charge is -2.36. The molecule has 1 aromatic rings. The molecule has 0 bridgehead atoms. The summed E-state index contributed by atoms with van der Waals surface area (Å²) in [5.74, 6) is 1.32. The van der Waals surface area contributed by atoms with Crippen molar-refractivity contribution in [2.45, 2.75) is 31.5 Å². The van der Waals surface area contributed by atoms with Gasteiger partial charge in [-0.2, -0.15) is 0 Å². The van der Waals surface area contributed by atoms with E-state index in [1.54, 1.807) is 0 Å². The van der Waals surface area contributed by atoms with Gasteiger partial charge in [-0.05, 0) is 25.0 Å². The summed E-state index contributed by atoms with van der Waals surface area (Å²) in [6.45, 7) is 1.62. The molecule has 0 spiro atoms. The van der Waals surface area contributed by atoms with Gasteiger partial charge in [0.2, 0.25) is 0 Å². The number of fused-ring (bicyclic) bond motifs is 1. The summed E-state index contributed by atoms with van der Waals surface area (Å²) in [5.41, 5.74) is 0.904. The van der Waals surface area contributed by atoms with Crippen molar-refractivity contribution >= 4 is 15.9 Å². The Hall–Kier alpha value is -0.580. The molecule has 1 saturated heterocycles. The first-order valence-electron chi connectivity index (χ1n) is 6.46. The second kappa shape index (κ2) is 5.19. The fourth-order valence-electron chi connectivity index (χ4n) is 2.82. The number of ether oxygens (including phenoxy) is 2. The predicted molar refractivity (Wildman–Crippen MR) is 71.7 cm³/mol. The summed E-state index contributed by atoms with van der Waals surface area (Å²) in [7, 11) is 0. The molecule has 2 aliphatic heterocycles. The Morgan fingerprint density at radius 1 is 1.22 bits per heavy atom. The summed E-state index contributed by atoms with van der Waals surface area (Å²) in [6.07, 6.45) is 2.46. The lowest BCUT2D eigenvalue weighted by Crippen LogP contribution is -2.36. The second-order valence-electron chi connectivity index (χ2n) is 5.04. The maximum absolute atomic E-state index is 10.2. The minimum atomic E-state index is -0.408. The molecule has 4 heteroatoms. The molecule has 1 fully saturated rings. The Bertz CT molecular complexity index is 429. The average molecular weight is 313 g/mol. The van der Waals surface area contributed by atoms with Gasteiger partial charge in [0.05, 0.1) is 6.10 Å². The third-order valence-corrected chi connectivity index (χ3v) is 4.35. The van der Waals surface area contributed by atoms with Crippen molar-refractivity contribution in [1.82, 2.24) is 0 Å². The van der Waals surface area contributed by atoms with E-state index in [4.69, 9.17) is 9.47 Å². The van der Waals surface area contributed by atoms with Crippen LogP contribution < -0.4 is 4.74 Å². The van der Waals surface area contributed by atoms with E-state index in [1.165, 1.54) is 0 Å². The first-order valence-corrected chi connectivity index (χ1v) is 7.25. The third kappa shape index (κ3) is 2.42. The van der Waals surface area contributed by atoms with Crippen LogP contribution in [0.4, 0.5) is 0 Å². The Balaban J connectivity index is 1.81. The van der Waals surface area contributed by atoms with E-state index in [2.05, 4.69) is 15.9 Å². The lowest BCUT2D eigenvalue weighted by atomic mass is 9.87. The van der Waals surface area contributed by atoms with Crippen molar-refractivity contribution < 1.29 is 14.6 Å². The van der Waals surface area contributed by atoms with E-state index in [1.807, 2.05) is 18.2 Å². The molecule has 0 saturated carbocycles. The van der Waals surface area contributed by atoms with E-state index >= 15 is 0 Å². The molecule has 2 atom stereocenters. The first kappa shape index (κ1) is 12.5. The van der Waals surface area contributed by atoms with Crippen LogP contribution in [0, 0.1) is 5.92 Å². The quantitative estimate of drug-likeness (QED) is 0.866. The molecule has 98 valence electrons. The number of aliphatic hydroxyl groups excluding tert-OH is 1. The normalized spacial score (nSPS) is 28.6. The number of benzene rings is 1. The molecule has 0 radical (unpaired) electrons. The Labute approximate surface area is 115 Å². The molecule has 1 N–H and O–H groups in total. The molecular weight excluding hydrogens is 296 g/mol. The Kier molecular flexibility index (Phi) is 3.59. The average Bonchev–Trinajstić information content (AvgIpc) is 2.39.